The van der Waals surface area contributed by atoms with E-state index in [2.05, 4.69) is 22.0 Å². The number of nitrogens with zero attached hydrogens (tertiary/aromatic N) is 5. The molecule has 4 heterocycles. The molecule has 1 aromatic heterocycles. The van der Waals surface area contributed by atoms with Crippen LogP contribution in [-0.2, 0) is 43.8 Å². The number of nitrogens with one attached hydrogen (secondary N) is 1. The summed E-state index contributed by atoms with van der Waals surface area (Å²) in [4.78, 5) is 32.9. The van der Waals surface area contributed by atoms with Crippen molar-refractivity contribution in [1.82, 2.24) is 29.9 Å². The van der Waals surface area contributed by atoms with Gasteiger partial charge in [-0.2, -0.15) is 13.2 Å². The molecule has 1 atom stereocenters. The van der Waals surface area contributed by atoms with Crippen LogP contribution in [-0.4, -0.2) is 49.0 Å². The molecule has 12 heteroatoms. The Labute approximate surface area is 228 Å². The van der Waals surface area contributed by atoms with Crippen LogP contribution < -0.4 is 10.1 Å². The second kappa shape index (κ2) is 10.1. The van der Waals surface area contributed by atoms with Crippen LogP contribution >= 0.6 is 0 Å². The van der Waals surface area contributed by atoms with Crippen LogP contribution in [0.1, 0.15) is 51.5 Å². The van der Waals surface area contributed by atoms with Crippen molar-refractivity contribution in [3.63, 3.8) is 0 Å². The summed E-state index contributed by atoms with van der Waals surface area (Å²) in [5, 5.41) is 6.32. The van der Waals surface area contributed by atoms with Crippen molar-refractivity contribution < 1.29 is 27.5 Å². The molecule has 1 unspecified atom stereocenters. The number of carbonyl (C=O) groups is 2. The van der Waals surface area contributed by atoms with Gasteiger partial charge in [0, 0.05) is 29.9 Å². The van der Waals surface area contributed by atoms with Crippen molar-refractivity contribution in [1.29, 1.82) is 0 Å². The number of hydrogen-bond donors (Lipinski definition) is 1. The molecule has 0 saturated carbocycles. The molecule has 0 bridgehead atoms. The Bertz CT molecular complexity index is 1480. The first-order valence-corrected chi connectivity index (χ1v) is 13.0. The third-order valence-electron chi connectivity index (χ3n) is 7.47. The van der Waals surface area contributed by atoms with Crippen LogP contribution in [0.25, 0.3) is 0 Å². The molecule has 2 amide bonds. The summed E-state index contributed by atoms with van der Waals surface area (Å²) < 4.78 is 46.2. The molecule has 0 aliphatic carbocycles. The molecule has 1 saturated heterocycles. The molecule has 3 aliphatic heterocycles. The van der Waals surface area contributed by atoms with Gasteiger partial charge < -0.3 is 15.0 Å². The lowest BCUT2D eigenvalue weighted by atomic mass is 10.0. The monoisotopic (exact) mass is 552 g/mol. The Morgan fingerprint density at radius 2 is 1.82 bits per heavy atom. The van der Waals surface area contributed by atoms with E-state index in [0.717, 1.165) is 16.7 Å². The molecule has 2 aromatic carbocycles. The minimum atomic E-state index is -4.55. The van der Waals surface area contributed by atoms with Crippen LogP contribution in [0.5, 0.6) is 5.75 Å². The largest absolute Gasteiger partial charge is 0.489 e. The highest BCUT2D eigenvalue weighted by Crippen LogP contribution is 2.34. The van der Waals surface area contributed by atoms with Crippen LogP contribution in [0.3, 0.4) is 0 Å². The average Bonchev–Trinajstić information content (AvgIpc) is 3.50. The number of alkyl halides is 3. The lowest BCUT2D eigenvalue weighted by molar-refractivity contribution is -0.145. The van der Waals surface area contributed by atoms with E-state index in [9.17, 15) is 22.8 Å². The molecule has 0 radical (unpaired) electrons. The summed E-state index contributed by atoms with van der Waals surface area (Å²) in [5.41, 5.74) is 3.93. The van der Waals surface area contributed by atoms with Crippen molar-refractivity contribution >= 4 is 11.8 Å². The number of amides is 2. The highest BCUT2D eigenvalue weighted by atomic mass is 19.4. The maximum Gasteiger partial charge on any atom is 0.453 e. The molecule has 0 spiro atoms. The SMILES string of the molecule is C=C1CCC(N2Cc3c(OCc4ccc(CN5CCn6nc(C(F)(F)F)nc6C5)cc4)cccc3C2=O)C(=O)N1. The summed E-state index contributed by atoms with van der Waals surface area (Å²) in [5.74, 6) is -0.569. The maximum atomic E-state index is 13.1. The number of benzene rings is 2. The van der Waals surface area contributed by atoms with Gasteiger partial charge in [-0.25, -0.2) is 9.67 Å². The first kappa shape index (κ1) is 26.1. The number of halogens is 3. The van der Waals surface area contributed by atoms with Crippen LogP contribution in [0.15, 0.2) is 54.7 Å². The van der Waals surface area contributed by atoms with E-state index in [0.29, 0.717) is 75.0 Å². The zero-order valence-corrected chi connectivity index (χ0v) is 21.6. The van der Waals surface area contributed by atoms with Crippen LogP contribution in [0.4, 0.5) is 13.2 Å². The average molecular weight is 553 g/mol. The van der Waals surface area contributed by atoms with Crippen molar-refractivity contribution in [2.45, 2.75) is 57.8 Å². The zero-order chi connectivity index (χ0) is 28.0. The smallest absolute Gasteiger partial charge is 0.453 e. The summed E-state index contributed by atoms with van der Waals surface area (Å²) in [6.07, 6.45) is -3.38. The number of ether oxygens (including phenoxy) is 1. The molecule has 1 N–H and O–H groups in total. The second-order valence-corrected chi connectivity index (χ2v) is 10.3. The molecular weight excluding hydrogens is 525 g/mol. The molecule has 3 aromatic rings. The molecule has 9 nitrogen and oxygen atoms in total. The third kappa shape index (κ3) is 5.06. The molecule has 1 fully saturated rings. The van der Waals surface area contributed by atoms with Crippen molar-refractivity contribution in [2.24, 2.45) is 0 Å². The Balaban J connectivity index is 1.07. The van der Waals surface area contributed by atoms with E-state index >= 15 is 0 Å². The lowest BCUT2D eigenvalue weighted by Gasteiger charge is -2.31. The fourth-order valence-corrected chi connectivity index (χ4v) is 5.37. The first-order valence-electron chi connectivity index (χ1n) is 13.0. The molecular formula is C28H27F3N6O3. The number of hydrogen-bond acceptors (Lipinski definition) is 6. The van der Waals surface area contributed by atoms with Gasteiger partial charge in [0.1, 0.15) is 24.2 Å². The van der Waals surface area contributed by atoms with E-state index in [-0.39, 0.29) is 11.8 Å². The number of fused-ring (bicyclic) bond motifs is 2. The fraction of sp³-hybridized carbons (Fsp3) is 0.357. The molecule has 208 valence electrons. The minimum absolute atomic E-state index is 0.178. The van der Waals surface area contributed by atoms with Crippen molar-refractivity contribution in [3.05, 3.63) is 88.6 Å². The van der Waals surface area contributed by atoms with E-state index in [1.54, 1.807) is 17.0 Å². The van der Waals surface area contributed by atoms with Crippen molar-refractivity contribution in [3.8, 4) is 5.75 Å². The van der Waals surface area contributed by atoms with Gasteiger partial charge in [0.15, 0.2) is 0 Å². The van der Waals surface area contributed by atoms with Gasteiger partial charge in [-0.1, -0.05) is 36.9 Å². The summed E-state index contributed by atoms with van der Waals surface area (Å²) in [7, 11) is 0. The number of piperidine rings is 1. The molecule has 3 aliphatic rings. The van der Waals surface area contributed by atoms with E-state index in [4.69, 9.17) is 4.74 Å². The number of rotatable bonds is 6. The standard InChI is InChI=1S/C28H27F3N6O3/c1-17-5-10-22(25(38)32-17)36-14-21-20(26(36)39)3-2-4-23(21)40-16-19-8-6-18(7-9-19)13-35-11-12-37-24(15-35)33-27(34-37)28(29,30)31/h2-4,6-9,22H,1,5,10-16H2,(H,32,38). The summed E-state index contributed by atoms with van der Waals surface area (Å²) >= 11 is 0. The maximum absolute atomic E-state index is 13.1. The topological polar surface area (TPSA) is 92.6 Å². The highest BCUT2D eigenvalue weighted by molar-refractivity contribution is 6.02. The number of aromatic nitrogens is 3. The minimum Gasteiger partial charge on any atom is -0.489 e. The van der Waals surface area contributed by atoms with Gasteiger partial charge in [-0.3, -0.25) is 14.5 Å². The van der Waals surface area contributed by atoms with Gasteiger partial charge in [0.2, 0.25) is 5.91 Å². The van der Waals surface area contributed by atoms with Gasteiger partial charge in [-0.15, -0.1) is 5.10 Å². The second-order valence-electron chi connectivity index (χ2n) is 10.3. The molecule has 40 heavy (non-hydrogen) atoms. The number of carbonyl (C=O) groups excluding carboxylic acids is 2. The molecule has 6 rings (SSSR count). The summed E-state index contributed by atoms with van der Waals surface area (Å²) in [6, 6.07) is 12.7. The van der Waals surface area contributed by atoms with Crippen LogP contribution in [0.2, 0.25) is 0 Å². The highest BCUT2D eigenvalue weighted by Gasteiger charge is 2.40. The van der Waals surface area contributed by atoms with Crippen molar-refractivity contribution in [2.75, 3.05) is 6.54 Å². The fourth-order valence-electron chi connectivity index (χ4n) is 5.37. The van der Waals surface area contributed by atoms with E-state index in [1.807, 2.05) is 35.2 Å². The third-order valence-corrected chi connectivity index (χ3v) is 7.47. The zero-order valence-electron chi connectivity index (χ0n) is 21.6. The number of allylic oxidation sites excluding steroid dienone is 1. The Morgan fingerprint density at radius 3 is 2.58 bits per heavy atom. The Hall–Kier alpha value is -4.19. The first-order chi connectivity index (χ1) is 19.2. The van der Waals surface area contributed by atoms with E-state index < -0.39 is 18.0 Å². The quantitative estimate of drug-likeness (QED) is 0.502. The van der Waals surface area contributed by atoms with Crippen LogP contribution in [0, 0.1) is 0 Å². The van der Waals surface area contributed by atoms with Gasteiger partial charge in [0.05, 0.1) is 19.6 Å². The lowest BCUT2D eigenvalue weighted by Crippen LogP contribution is -2.49. The normalized spacial score (nSPS) is 19.4. The van der Waals surface area contributed by atoms with Gasteiger partial charge in [0.25, 0.3) is 11.7 Å². The summed E-state index contributed by atoms with van der Waals surface area (Å²) in [6.45, 7) is 6.20. The van der Waals surface area contributed by atoms with E-state index in [1.165, 1.54) is 4.68 Å². The van der Waals surface area contributed by atoms with Gasteiger partial charge in [-0.05, 0) is 36.1 Å². The Morgan fingerprint density at radius 1 is 1.05 bits per heavy atom. The predicted octanol–water partition coefficient (Wildman–Crippen LogP) is 3.64. The van der Waals surface area contributed by atoms with Gasteiger partial charge >= 0.3 is 6.18 Å². The Kier molecular flexibility index (Phi) is 6.57. The predicted molar refractivity (Wildman–Crippen MR) is 137 cm³/mol.